The van der Waals surface area contributed by atoms with Crippen LogP contribution in [0.3, 0.4) is 0 Å². The topological polar surface area (TPSA) is 46.2 Å². The van der Waals surface area contributed by atoms with Gasteiger partial charge in [-0.2, -0.15) is 0 Å². The van der Waals surface area contributed by atoms with Crippen LogP contribution in [0.1, 0.15) is 18.2 Å². The Bertz CT molecular complexity index is 343. The Balaban J connectivity index is 2.28. The second-order valence-electron chi connectivity index (χ2n) is 3.04. The van der Waals surface area contributed by atoms with Gasteiger partial charge in [0.15, 0.2) is 0 Å². The minimum Gasteiger partial charge on any atom is -0.215 e. The van der Waals surface area contributed by atoms with Gasteiger partial charge in [0, 0.05) is 11.4 Å². The molecule has 3 nitrogen and oxygen atoms in total. The highest BCUT2D eigenvalue weighted by Crippen LogP contribution is 2.08. The van der Waals surface area contributed by atoms with Crippen molar-refractivity contribution in [2.45, 2.75) is 19.8 Å². The molecule has 1 aromatic rings. The molecule has 0 unspecified atom stereocenters. The summed E-state index contributed by atoms with van der Waals surface area (Å²) in [5, 5.41) is 2.00. The van der Waals surface area contributed by atoms with Gasteiger partial charge < -0.3 is 0 Å². The van der Waals surface area contributed by atoms with E-state index in [9.17, 15) is 8.42 Å². The summed E-state index contributed by atoms with van der Waals surface area (Å²) >= 11 is 1.65. The molecule has 0 aromatic carbocycles. The monoisotopic (exact) mass is 233 g/mol. The maximum absolute atomic E-state index is 11.3. The van der Waals surface area contributed by atoms with Crippen molar-refractivity contribution in [1.82, 2.24) is 4.72 Å². The third-order valence-corrected chi connectivity index (χ3v) is 4.27. The lowest BCUT2D eigenvalue weighted by Crippen LogP contribution is -2.27. The predicted molar refractivity (Wildman–Crippen MR) is 60.1 cm³/mol. The van der Waals surface area contributed by atoms with Crippen LogP contribution in [0.2, 0.25) is 0 Å². The lowest BCUT2D eigenvalue weighted by atomic mass is 10.3. The van der Waals surface area contributed by atoms with Gasteiger partial charge >= 0.3 is 0 Å². The molecular formula is C9H15NO2S2. The molecule has 80 valence electrons. The molecule has 0 spiro atoms. The molecule has 1 N–H and O–H groups in total. The highest BCUT2D eigenvalue weighted by atomic mass is 32.2. The van der Waals surface area contributed by atoms with Crippen molar-refractivity contribution in [2.24, 2.45) is 0 Å². The fourth-order valence-corrected chi connectivity index (χ4v) is 2.93. The van der Waals surface area contributed by atoms with Crippen LogP contribution >= 0.6 is 11.3 Å². The molecule has 0 saturated heterocycles. The van der Waals surface area contributed by atoms with Crippen LogP contribution in [0.25, 0.3) is 0 Å². The van der Waals surface area contributed by atoms with E-state index < -0.39 is 10.0 Å². The molecule has 5 heteroatoms. The molecule has 0 aliphatic rings. The first-order valence-electron chi connectivity index (χ1n) is 4.64. The number of sulfonamides is 1. The molecule has 0 amide bonds. The highest BCUT2D eigenvalue weighted by Gasteiger charge is 2.06. The normalized spacial score (nSPS) is 11.8. The molecule has 1 heterocycles. The molecule has 1 rings (SSSR count). The third-order valence-electron chi connectivity index (χ3n) is 1.75. The highest BCUT2D eigenvalue weighted by molar-refractivity contribution is 7.89. The SMILES string of the molecule is CCCS(=O)(=O)NCCc1cccs1. The molecule has 0 radical (unpaired) electrons. The maximum Gasteiger partial charge on any atom is 0.211 e. The zero-order chi connectivity index (χ0) is 10.4. The van der Waals surface area contributed by atoms with E-state index >= 15 is 0 Å². The van der Waals surface area contributed by atoms with E-state index in [1.807, 2.05) is 24.4 Å². The van der Waals surface area contributed by atoms with Gasteiger partial charge in [-0.15, -0.1) is 11.3 Å². The molecule has 1 aromatic heterocycles. The molecule has 14 heavy (non-hydrogen) atoms. The fourth-order valence-electron chi connectivity index (χ4n) is 1.13. The van der Waals surface area contributed by atoms with Crippen molar-refractivity contribution in [3.8, 4) is 0 Å². The second kappa shape index (κ2) is 5.48. The van der Waals surface area contributed by atoms with E-state index in [2.05, 4.69) is 4.72 Å². The number of hydrogen-bond donors (Lipinski definition) is 1. The Morgan fingerprint density at radius 3 is 2.86 bits per heavy atom. The summed E-state index contributed by atoms with van der Waals surface area (Å²) in [6, 6.07) is 3.99. The van der Waals surface area contributed by atoms with Crippen molar-refractivity contribution in [2.75, 3.05) is 12.3 Å². The number of hydrogen-bond acceptors (Lipinski definition) is 3. The fraction of sp³-hybridized carbons (Fsp3) is 0.556. The number of rotatable bonds is 6. The average Bonchev–Trinajstić information content (AvgIpc) is 2.56. The van der Waals surface area contributed by atoms with Gasteiger partial charge in [-0.05, 0) is 24.3 Å². The summed E-state index contributed by atoms with van der Waals surface area (Å²) in [6.45, 7) is 2.36. The Hall–Kier alpha value is -0.390. The largest absolute Gasteiger partial charge is 0.215 e. The Morgan fingerprint density at radius 1 is 1.50 bits per heavy atom. The van der Waals surface area contributed by atoms with Gasteiger partial charge in [0.25, 0.3) is 0 Å². The van der Waals surface area contributed by atoms with Gasteiger partial charge in [0.2, 0.25) is 10.0 Å². The first kappa shape index (κ1) is 11.7. The van der Waals surface area contributed by atoms with Crippen LogP contribution in [0.15, 0.2) is 17.5 Å². The first-order valence-corrected chi connectivity index (χ1v) is 7.17. The molecular weight excluding hydrogens is 218 g/mol. The van der Waals surface area contributed by atoms with E-state index in [0.717, 1.165) is 6.42 Å². The van der Waals surface area contributed by atoms with Crippen molar-refractivity contribution in [1.29, 1.82) is 0 Å². The van der Waals surface area contributed by atoms with Crippen LogP contribution in [0, 0.1) is 0 Å². The number of nitrogens with one attached hydrogen (secondary N) is 1. The minimum atomic E-state index is -3.03. The Labute approximate surface area is 89.2 Å². The quantitative estimate of drug-likeness (QED) is 0.811. The molecule has 0 fully saturated rings. The Kier molecular flexibility index (Phi) is 4.57. The summed E-state index contributed by atoms with van der Waals surface area (Å²) in [4.78, 5) is 1.21. The molecule has 0 aliphatic heterocycles. The van der Waals surface area contributed by atoms with E-state index in [-0.39, 0.29) is 5.75 Å². The van der Waals surface area contributed by atoms with Gasteiger partial charge in [-0.3, -0.25) is 0 Å². The van der Waals surface area contributed by atoms with Crippen LogP contribution in [0.4, 0.5) is 0 Å². The van der Waals surface area contributed by atoms with Crippen molar-refractivity contribution in [3.05, 3.63) is 22.4 Å². The van der Waals surface area contributed by atoms with Gasteiger partial charge in [-0.25, -0.2) is 13.1 Å². The van der Waals surface area contributed by atoms with Crippen molar-refractivity contribution >= 4 is 21.4 Å². The Morgan fingerprint density at radius 2 is 2.29 bits per heavy atom. The molecule has 0 atom stereocenters. The van der Waals surface area contributed by atoms with Gasteiger partial charge in [0.1, 0.15) is 0 Å². The maximum atomic E-state index is 11.3. The summed E-state index contributed by atoms with van der Waals surface area (Å²) in [6.07, 6.45) is 1.44. The van der Waals surface area contributed by atoms with E-state index in [1.54, 1.807) is 11.3 Å². The average molecular weight is 233 g/mol. The van der Waals surface area contributed by atoms with Gasteiger partial charge in [0.05, 0.1) is 5.75 Å². The molecule has 0 bridgehead atoms. The zero-order valence-corrected chi connectivity index (χ0v) is 9.83. The first-order chi connectivity index (χ1) is 6.64. The summed E-state index contributed by atoms with van der Waals surface area (Å²) in [5.41, 5.74) is 0. The molecule has 0 aliphatic carbocycles. The summed E-state index contributed by atoms with van der Waals surface area (Å²) in [7, 11) is -3.03. The van der Waals surface area contributed by atoms with Crippen LogP contribution in [0.5, 0.6) is 0 Å². The molecule has 0 saturated carbocycles. The standard InChI is InChI=1S/C9H15NO2S2/c1-2-8-14(11,12)10-6-5-9-4-3-7-13-9/h3-4,7,10H,2,5-6,8H2,1H3. The van der Waals surface area contributed by atoms with E-state index in [1.165, 1.54) is 4.88 Å². The zero-order valence-electron chi connectivity index (χ0n) is 8.19. The summed E-state index contributed by atoms with van der Waals surface area (Å²) in [5.74, 6) is 0.220. The van der Waals surface area contributed by atoms with Crippen LogP contribution in [-0.2, 0) is 16.4 Å². The number of thiophene rings is 1. The minimum absolute atomic E-state index is 0.220. The van der Waals surface area contributed by atoms with E-state index in [0.29, 0.717) is 13.0 Å². The lowest BCUT2D eigenvalue weighted by Gasteiger charge is -2.03. The van der Waals surface area contributed by atoms with Crippen LogP contribution in [-0.4, -0.2) is 20.7 Å². The predicted octanol–water partition coefficient (Wildman–Crippen LogP) is 1.62. The second-order valence-corrected chi connectivity index (χ2v) is 6.00. The van der Waals surface area contributed by atoms with E-state index in [4.69, 9.17) is 0 Å². The summed E-state index contributed by atoms with van der Waals surface area (Å²) < 4.78 is 25.1. The smallest absolute Gasteiger partial charge is 0.211 e. The van der Waals surface area contributed by atoms with Crippen LogP contribution < -0.4 is 4.72 Å². The van der Waals surface area contributed by atoms with Gasteiger partial charge in [-0.1, -0.05) is 13.0 Å². The van der Waals surface area contributed by atoms with Crippen molar-refractivity contribution in [3.63, 3.8) is 0 Å². The van der Waals surface area contributed by atoms with Crippen molar-refractivity contribution < 1.29 is 8.42 Å². The third kappa shape index (κ3) is 4.21. The lowest BCUT2D eigenvalue weighted by molar-refractivity contribution is 0.580.